The molecule has 0 aliphatic carbocycles. The molecule has 0 radical (unpaired) electrons. The minimum Gasteiger partial charge on any atom is -0.444 e. The molecule has 0 aromatic carbocycles. The lowest BCUT2D eigenvalue weighted by Crippen LogP contribution is -2.51. The Morgan fingerprint density at radius 3 is 2.68 bits per heavy atom. The smallest absolute Gasteiger partial charge is 0.410 e. The second-order valence-electron chi connectivity index (χ2n) is 8.08. The van der Waals surface area contributed by atoms with Crippen LogP contribution in [0.5, 0.6) is 0 Å². The highest BCUT2D eigenvalue weighted by Crippen LogP contribution is 2.30. The van der Waals surface area contributed by atoms with E-state index < -0.39 is 5.60 Å². The van der Waals surface area contributed by atoms with Gasteiger partial charge in [-0.1, -0.05) is 6.92 Å². The summed E-state index contributed by atoms with van der Waals surface area (Å²) in [6.07, 6.45) is 4.20. The van der Waals surface area contributed by atoms with Crippen molar-refractivity contribution in [3.05, 3.63) is 0 Å². The van der Waals surface area contributed by atoms with Crippen molar-refractivity contribution >= 4 is 6.09 Å². The first-order valence-electron chi connectivity index (χ1n) is 8.57. The molecule has 0 spiro atoms. The number of amides is 1. The van der Waals surface area contributed by atoms with Crippen molar-refractivity contribution in [1.82, 2.24) is 10.2 Å². The van der Waals surface area contributed by atoms with E-state index in [-0.39, 0.29) is 11.5 Å². The molecule has 22 heavy (non-hydrogen) atoms. The molecule has 2 aliphatic rings. The van der Waals surface area contributed by atoms with E-state index in [2.05, 4.69) is 12.2 Å². The molecular formula is C17H32N2O3. The van der Waals surface area contributed by atoms with Crippen LogP contribution >= 0.6 is 0 Å². The van der Waals surface area contributed by atoms with Gasteiger partial charge in [0.05, 0.1) is 0 Å². The van der Waals surface area contributed by atoms with Crippen LogP contribution in [0.2, 0.25) is 0 Å². The molecule has 2 saturated heterocycles. The van der Waals surface area contributed by atoms with Crippen molar-refractivity contribution < 1.29 is 14.3 Å². The minimum absolute atomic E-state index is 0.132. The highest BCUT2D eigenvalue weighted by atomic mass is 16.6. The van der Waals surface area contributed by atoms with Gasteiger partial charge < -0.3 is 19.7 Å². The Balaban J connectivity index is 1.83. The second kappa shape index (κ2) is 7.18. The molecular weight excluding hydrogens is 280 g/mol. The van der Waals surface area contributed by atoms with Crippen molar-refractivity contribution in [3.8, 4) is 0 Å². The molecule has 2 fully saturated rings. The third kappa shape index (κ3) is 5.43. The average Bonchev–Trinajstić information content (AvgIpc) is 2.45. The summed E-state index contributed by atoms with van der Waals surface area (Å²) < 4.78 is 10.9. The number of hydrogen-bond donors (Lipinski definition) is 1. The first-order valence-corrected chi connectivity index (χ1v) is 8.57. The van der Waals surface area contributed by atoms with Gasteiger partial charge in [0.2, 0.25) is 0 Å². The zero-order valence-electron chi connectivity index (χ0n) is 14.6. The van der Waals surface area contributed by atoms with E-state index in [1.54, 1.807) is 0 Å². The van der Waals surface area contributed by atoms with Crippen LogP contribution in [0.3, 0.4) is 0 Å². The van der Waals surface area contributed by atoms with Gasteiger partial charge in [-0.15, -0.1) is 0 Å². The molecule has 0 bridgehead atoms. The van der Waals surface area contributed by atoms with E-state index in [0.29, 0.717) is 6.04 Å². The molecule has 1 N–H and O–H groups in total. The number of ether oxygens (including phenoxy) is 2. The van der Waals surface area contributed by atoms with Crippen LogP contribution in [0.4, 0.5) is 4.79 Å². The Morgan fingerprint density at radius 1 is 1.36 bits per heavy atom. The number of carbonyl (C=O) groups excluding carboxylic acids is 1. The Hall–Kier alpha value is -0.810. The topological polar surface area (TPSA) is 50.8 Å². The molecule has 2 rings (SSSR count). The summed E-state index contributed by atoms with van der Waals surface area (Å²) in [5.41, 5.74) is -0.293. The first kappa shape index (κ1) is 17.5. The number of nitrogens with zero attached hydrogens (tertiary/aromatic N) is 1. The number of rotatable bonds is 3. The first-order chi connectivity index (χ1) is 10.3. The lowest BCUT2D eigenvalue weighted by atomic mass is 9.81. The maximum absolute atomic E-state index is 12.3. The van der Waals surface area contributed by atoms with Crippen molar-refractivity contribution in [1.29, 1.82) is 0 Å². The number of hydrogen-bond acceptors (Lipinski definition) is 4. The number of carbonyl (C=O) groups is 1. The van der Waals surface area contributed by atoms with Gasteiger partial charge in [-0.05, 0) is 51.9 Å². The number of piperidine rings is 1. The third-order valence-electron chi connectivity index (χ3n) is 4.47. The average molecular weight is 312 g/mol. The van der Waals surface area contributed by atoms with Crippen molar-refractivity contribution in [2.45, 2.75) is 65.0 Å². The second-order valence-corrected chi connectivity index (χ2v) is 8.08. The Bertz CT molecular complexity index is 375. The zero-order chi connectivity index (χ0) is 16.2. The largest absolute Gasteiger partial charge is 0.444 e. The fourth-order valence-corrected chi connectivity index (χ4v) is 3.23. The highest BCUT2D eigenvalue weighted by Gasteiger charge is 2.35. The fraction of sp³-hybridized carbons (Fsp3) is 0.941. The summed E-state index contributed by atoms with van der Waals surface area (Å²) in [5, 5.41) is 3.68. The van der Waals surface area contributed by atoms with Gasteiger partial charge in [0, 0.05) is 38.9 Å². The van der Waals surface area contributed by atoms with E-state index in [9.17, 15) is 4.79 Å². The van der Waals surface area contributed by atoms with Crippen LogP contribution in [0.15, 0.2) is 0 Å². The Morgan fingerprint density at radius 2 is 2.05 bits per heavy atom. The standard InChI is InChI=1S/C17H32N2O3/c1-16(2,3)22-15(20)19-9-5-8-17(4,13-19)12-18-14-6-10-21-11-7-14/h14,18H,5-13H2,1-4H3. The SMILES string of the molecule is CC1(CNC2CCOCC2)CCCN(C(=O)OC(C)(C)C)C1. The fourth-order valence-electron chi connectivity index (χ4n) is 3.23. The molecule has 5 nitrogen and oxygen atoms in total. The molecule has 1 unspecified atom stereocenters. The lowest BCUT2D eigenvalue weighted by molar-refractivity contribution is 0.00555. The van der Waals surface area contributed by atoms with Crippen LogP contribution in [0, 0.1) is 5.41 Å². The quantitative estimate of drug-likeness (QED) is 0.870. The zero-order valence-corrected chi connectivity index (χ0v) is 14.6. The van der Waals surface area contributed by atoms with Crippen LogP contribution < -0.4 is 5.32 Å². The van der Waals surface area contributed by atoms with E-state index in [1.165, 1.54) is 0 Å². The van der Waals surface area contributed by atoms with E-state index in [0.717, 1.165) is 58.5 Å². The van der Waals surface area contributed by atoms with Crippen LogP contribution in [-0.4, -0.2) is 55.5 Å². The van der Waals surface area contributed by atoms with Crippen LogP contribution in [-0.2, 0) is 9.47 Å². The Kier molecular flexibility index (Phi) is 5.72. The predicted molar refractivity (Wildman–Crippen MR) is 87.0 cm³/mol. The van der Waals surface area contributed by atoms with Crippen molar-refractivity contribution in [2.75, 3.05) is 32.8 Å². The maximum Gasteiger partial charge on any atom is 0.410 e. The molecule has 1 amide bonds. The number of nitrogens with one attached hydrogen (secondary N) is 1. The molecule has 2 aliphatic heterocycles. The molecule has 0 aromatic heterocycles. The molecule has 2 heterocycles. The molecule has 0 aromatic rings. The van der Waals surface area contributed by atoms with E-state index >= 15 is 0 Å². The summed E-state index contributed by atoms with van der Waals surface area (Å²) in [7, 11) is 0. The summed E-state index contributed by atoms with van der Waals surface area (Å²) in [5.74, 6) is 0. The molecule has 1 atom stereocenters. The summed E-state index contributed by atoms with van der Waals surface area (Å²) >= 11 is 0. The van der Waals surface area contributed by atoms with Gasteiger partial charge in [0.15, 0.2) is 0 Å². The van der Waals surface area contributed by atoms with Crippen molar-refractivity contribution in [2.24, 2.45) is 5.41 Å². The van der Waals surface area contributed by atoms with Gasteiger partial charge in [-0.2, -0.15) is 0 Å². The maximum atomic E-state index is 12.3. The summed E-state index contributed by atoms with van der Waals surface area (Å²) in [4.78, 5) is 14.1. The van der Waals surface area contributed by atoms with Gasteiger partial charge in [-0.3, -0.25) is 0 Å². The molecule has 0 saturated carbocycles. The number of likely N-dealkylation sites (tertiary alicyclic amines) is 1. The molecule has 5 heteroatoms. The summed E-state index contributed by atoms with van der Waals surface area (Å²) in [6, 6.07) is 0.558. The van der Waals surface area contributed by atoms with E-state index in [1.807, 2.05) is 25.7 Å². The monoisotopic (exact) mass is 312 g/mol. The normalized spacial score (nSPS) is 27.7. The van der Waals surface area contributed by atoms with Gasteiger partial charge in [0.25, 0.3) is 0 Å². The Labute approximate surface area is 134 Å². The van der Waals surface area contributed by atoms with Crippen LogP contribution in [0.1, 0.15) is 53.4 Å². The third-order valence-corrected chi connectivity index (χ3v) is 4.47. The van der Waals surface area contributed by atoms with Gasteiger partial charge >= 0.3 is 6.09 Å². The van der Waals surface area contributed by atoms with E-state index in [4.69, 9.17) is 9.47 Å². The van der Waals surface area contributed by atoms with Gasteiger partial charge in [0.1, 0.15) is 5.60 Å². The highest BCUT2D eigenvalue weighted by molar-refractivity contribution is 5.68. The van der Waals surface area contributed by atoms with Crippen LogP contribution in [0.25, 0.3) is 0 Å². The van der Waals surface area contributed by atoms with Gasteiger partial charge in [-0.25, -0.2) is 4.79 Å². The lowest BCUT2D eigenvalue weighted by Gasteiger charge is -2.41. The molecule has 128 valence electrons. The summed E-state index contributed by atoms with van der Waals surface area (Å²) in [6.45, 7) is 12.3. The predicted octanol–water partition coefficient (Wildman–Crippen LogP) is 2.79. The minimum atomic E-state index is -0.425. The van der Waals surface area contributed by atoms with Crippen molar-refractivity contribution in [3.63, 3.8) is 0 Å².